The van der Waals surface area contributed by atoms with Crippen molar-refractivity contribution in [1.82, 2.24) is 10.2 Å². The number of rotatable bonds is 5. The molecule has 0 spiro atoms. The molecule has 0 aliphatic heterocycles. The van der Waals surface area contributed by atoms with Gasteiger partial charge in [-0.1, -0.05) is 40.2 Å². The molecule has 140 valence electrons. The predicted octanol–water partition coefficient (Wildman–Crippen LogP) is 5.30. The van der Waals surface area contributed by atoms with Gasteiger partial charge in [-0.2, -0.15) is 5.10 Å². The van der Waals surface area contributed by atoms with Crippen molar-refractivity contribution in [3.8, 4) is 5.75 Å². The van der Waals surface area contributed by atoms with E-state index in [1.165, 1.54) is 6.07 Å². The van der Waals surface area contributed by atoms with Crippen molar-refractivity contribution in [3.05, 3.63) is 88.1 Å². The highest BCUT2D eigenvalue weighted by atomic mass is 79.9. The molecular weight excluding hydrogens is 425 g/mol. The van der Waals surface area contributed by atoms with E-state index in [0.717, 1.165) is 5.52 Å². The smallest absolute Gasteiger partial charge is 0.256 e. The number of amides is 1. The molecule has 2 N–H and O–H groups in total. The van der Waals surface area contributed by atoms with Crippen molar-refractivity contribution in [1.29, 1.82) is 0 Å². The number of anilines is 1. The Labute approximate surface area is 168 Å². The standard InChI is InChI=1S/C21H15BrFN3O2/c22-15-7-6-14(18(23)10-15)12-28-16-8-9-19-17(11-16)20(26-25-19)24-21(27)13-4-2-1-3-5-13/h1-11H,12H2,(H2,24,25,26,27). The Kier molecular flexibility index (Phi) is 5.08. The Balaban J connectivity index is 1.53. The van der Waals surface area contributed by atoms with E-state index in [0.29, 0.717) is 32.6 Å². The molecule has 1 heterocycles. The molecule has 0 aliphatic carbocycles. The summed E-state index contributed by atoms with van der Waals surface area (Å²) in [6, 6.07) is 19.0. The van der Waals surface area contributed by atoms with Gasteiger partial charge >= 0.3 is 0 Å². The van der Waals surface area contributed by atoms with Gasteiger partial charge in [0.25, 0.3) is 5.91 Å². The molecule has 5 nitrogen and oxygen atoms in total. The third kappa shape index (κ3) is 3.89. The van der Waals surface area contributed by atoms with E-state index in [1.807, 2.05) is 6.07 Å². The van der Waals surface area contributed by atoms with E-state index in [1.54, 1.807) is 54.6 Å². The second-order valence-electron chi connectivity index (χ2n) is 6.12. The van der Waals surface area contributed by atoms with E-state index in [-0.39, 0.29) is 18.3 Å². The summed E-state index contributed by atoms with van der Waals surface area (Å²) < 4.78 is 20.4. The maximum absolute atomic E-state index is 14.0. The zero-order valence-corrected chi connectivity index (χ0v) is 16.2. The maximum Gasteiger partial charge on any atom is 0.256 e. The van der Waals surface area contributed by atoms with Crippen LogP contribution in [0, 0.1) is 5.82 Å². The van der Waals surface area contributed by atoms with Crippen molar-refractivity contribution in [2.45, 2.75) is 6.61 Å². The summed E-state index contributed by atoms with van der Waals surface area (Å²) in [5, 5.41) is 10.5. The van der Waals surface area contributed by atoms with Crippen LogP contribution in [0.15, 0.2) is 71.2 Å². The molecule has 0 saturated heterocycles. The molecule has 28 heavy (non-hydrogen) atoms. The van der Waals surface area contributed by atoms with Gasteiger partial charge in [0, 0.05) is 21.0 Å². The number of aromatic amines is 1. The second kappa shape index (κ2) is 7.82. The quantitative estimate of drug-likeness (QED) is 0.443. The van der Waals surface area contributed by atoms with E-state index < -0.39 is 0 Å². The number of aromatic nitrogens is 2. The molecule has 0 aliphatic rings. The van der Waals surface area contributed by atoms with Crippen LogP contribution in [0.25, 0.3) is 10.9 Å². The van der Waals surface area contributed by atoms with Crippen LogP contribution < -0.4 is 10.1 Å². The number of carbonyl (C=O) groups is 1. The third-order valence-electron chi connectivity index (χ3n) is 4.21. The molecule has 0 fully saturated rings. The summed E-state index contributed by atoms with van der Waals surface area (Å²) in [5.41, 5.74) is 1.75. The lowest BCUT2D eigenvalue weighted by atomic mass is 10.2. The Bertz CT molecular complexity index is 1150. The molecule has 4 rings (SSSR count). The van der Waals surface area contributed by atoms with Crippen LogP contribution >= 0.6 is 15.9 Å². The number of hydrogen-bond donors (Lipinski definition) is 2. The first kappa shape index (κ1) is 18.2. The van der Waals surface area contributed by atoms with Crippen molar-refractivity contribution in [2.75, 3.05) is 5.32 Å². The molecule has 4 aromatic rings. The number of ether oxygens (including phenoxy) is 1. The number of carbonyl (C=O) groups excluding carboxylic acids is 1. The van der Waals surface area contributed by atoms with Crippen molar-refractivity contribution in [3.63, 3.8) is 0 Å². The molecule has 3 aromatic carbocycles. The average Bonchev–Trinajstić information content (AvgIpc) is 3.10. The van der Waals surface area contributed by atoms with Gasteiger partial charge in [0.15, 0.2) is 5.82 Å². The van der Waals surface area contributed by atoms with Gasteiger partial charge in [0.1, 0.15) is 18.2 Å². The fraction of sp³-hybridized carbons (Fsp3) is 0.0476. The number of nitrogens with one attached hydrogen (secondary N) is 2. The molecule has 1 amide bonds. The lowest BCUT2D eigenvalue weighted by Crippen LogP contribution is -2.12. The summed E-state index contributed by atoms with van der Waals surface area (Å²) in [7, 11) is 0. The predicted molar refractivity (Wildman–Crippen MR) is 109 cm³/mol. The molecule has 7 heteroatoms. The fourth-order valence-electron chi connectivity index (χ4n) is 2.75. The Morgan fingerprint density at radius 3 is 2.71 bits per heavy atom. The van der Waals surface area contributed by atoms with Crippen LogP contribution in [0.2, 0.25) is 0 Å². The summed E-state index contributed by atoms with van der Waals surface area (Å²) in [4.78, 5) is 12.4. The molecule has 0 atom stereocenters. The molecule has 1 aromatic heterocycles. The highest BCUT2D eigenvalue weighted by molar-refractivity contribution is 9.10. The Hall–Kier alpha value is -3.19. The van der Waals surface area contributed by atoms with Gasteiger partial charge in [-0.25, -0.2) is 4.39 Å². The average molecular weight is 440 g/mol. The SMILES string of the molecule is O=C(Nc1n[nH]c2ccc(OCc3ccc(Br)cc3F)cc12)c1ccccc1. The Morgan fingerprint density at radius 2 is 1.93 bits per heavy atom. The van der Waals surface area contributed by atoms with Gasteiger partial charge < -0.3 is 10.1 Å². The van der Waals surface area contributed by atoms with Crippen molar-refractivity contribution < 1.29 is 13.9 Å². The topological polar surface area (TPSA) is 67.0 Å². The zero-order valence-electron chi connectivity index (χ0n) is 14.6. The fourth-order valence-corrected chi connectivity index (χ4v) is 3.08. The molecule has 0 radical (unpaired) electrons. The lowest BCUT2D eigenvalue weighted by Gasteiger charge is -2.08. The maximum atomic E-state index is 14.0. The minimum absolute atomic E-state index is 0.0914. The van der Waals surface area contributed by atoms with Crippen LogP contribution in [0.4, 0.5) is 10.2 Å². The van der Waals surface area contributed by atoms with E-state index in [4.69, 9.17) is 4.74 Å². The minimum atomic E-state index is -0.338. The van der Waals surface area contributed by atoms with Crippen molar-refractivity contribution in [2.24, 2.45) is 0 Å². The van der Waals surface area contributed by atoms with Gasteiger partial charge in [0.05, 0.1) is 5.52 Å². The van der Waals surface area contributed by atoms with Crippen LogP contribution in [-0.2, 0) is 6.61 Å². The summed E-state index contributed by atoms with van der Waals surface area (Å²) >= 11 is 3.23. The van der Waals surface area contributed by atoms with Gasteiger partial charge in [-0.3, -0.25) is 9.89 Å². The normalized spacial score (nSPS) is 10.8. The molecule has 0 saturated carbocycles. The van der Waals surface area contributed by atoms with Crippen LogP contribution in [-0.4, -0.2) is 16.1 Å². The highest BCUT2D eigenvalue weighted by Crippen LogP contribution is 2.26. The number of benzene rings is 3. The first-order valence-electron chi connectivity index (χ1n) is 8.51. The largest absolute Gasteiger partial charge is 0.489 e. The third-order valence-corrected chi connectivity index (χ3v) is 4.70. The Morgan fingerprint density at radius 1 is 1.11 bits per heavy atom. The number of H-pyrrole nitrogens is 1. The number of nitrogens with zero attached hydrogens (tertiary/aromatic N) is 1. The van der Waals surface area contributed by atoms with Crippen molar-refractivity contribution >= 4 is 38.6 Å². The van der Waals surface area contributed by atoms with Crippen LogP contribution in [0.5, 0.6) is 5.75 Å². The van der Waals surface area contributed by atoms with Crippen LogP contribution in [0.1, 0.15) is 15.9 Å². The first-order valence-corrected chi connectivity index (χ1v) is 9.31. The number of hydrogen-bond acceptors (Lipinski definition) is 3. The molecule has 0 bridgehead atoms. The summed E-state index contributed by atoms with van der Waals surface area (Å²) in [6.07, 6.45) is 0. The zero-order chi connectivity index (χ0) is 19.5. The minimum Gasteiger partial charge on any atom is -0.489 e. The highest BCUT2D eigenvalue weighted by Gasteiger charge is 2.12. The van der Waals surface area contributed by atoms with Gasteiger partial charge in [-0.05, 0) is 42.5 Å². The van der Waals surface area contributed by atoms with Crippen LogP contribution in [0.3, 0.4) is 0 Å². The second-order valence-corrected chi connectivity index (χ2v) is 7.04. The summed E-state index contributed by atoms with van der Waals surface area (Å²) in [5.74, 6) is 0.363. The van der Waals surface area contributed by atoms with Gasteiger partial charge in [-0.15, -0.1) is 0 Å². The number of fused-ring (bicyclic) bond motifs is 1. The lowest BCUT2D eigenvalue weighted by molar-refractivity contribution is 0.102. The first-order chi connectivity index (χ1) is 13.6. The molecular formula is C21H15BrFN3O2. The van der Waals surface area contributed by atoms with E-state index in [2.05, 4.69) is 31.4 Å². The monoisotopic (exact) mass is 439 g/mol. The number of halogens is 2. The van der Waals surface area contributed by atoms with E-state index >= 15 is 0 Å². The summed E-state index contributed by atoms with van der Waals surface area (Å²) in [6.45, 7) is 0.0914. The molecule has 0 unspecified atom stereocenters. The van der Waals surface area contributed by atoms with E-state index in [9.17, 15) is 9.18 Å². The van der Waals surface area contributed by atoms with Gasteiger partial charge in [0.2, 0.25) is 0 Å².